The minimum Gasteiger partial charge on any atom is -0.325 e. The fraction of sp³-hybridized carbons (Fsp3) is 0.458. The molecule has 2 aliphatic heterocycles. The number of rotatable bonds is 7. The van der Waals surface area contributed by atoms with Crippen LogP contribution >= 0.6 is 0 Å². The topological polar surface area (TPSA) is 73.0 Å². The van der Waals surface area contributed by atoms with Crippen LogP contribution < -0.4 is 5.32 Å². The van der Waals surface area contributed by atoms with Crippen molar-refractivity contribution in [1.29, 1.82) is 0 Å². The van der Waals surface area contributed by atoms with Crippen molar-refractivity contribution >= 4 is 21.6 Å². The number of benzene rings is 2. The maximum Gasteiger partial charge on any atom is 0.243 e. The van der Waals surface area contributed by atoms with E-state index in [1.165, 1.54) is 9.87 Å². The van der Waals surface area contributed by atoms with E-state index in [4.69, 9.17) is 0 Å². The summed E-state index contributed by atoms with van der Waals surface area (Å²) in [5.41, 5.74) is 1.92. The molecule has 1 amide bonds. The van der Waals surface area contributed by atoms with Crippen molar-refractivity contribution in [1.82, 2.24) is 14.1 Å². The Labute approximate surface area is 191 Å². The second kappa shape index (κ2) is 10.1. The molecule has 172 valence electrons. The molecular formula is C24H32N4O3S. The first-order chi connectivity index (χ1) is 15.4. The molecule has 1 N–H and O–H groups in total. The van der Waals surface area contributed by atoms with E-state index in [-0.39, 0.29) is 16.8 Å². The summed E-state index contributed by atoms with van der Waals surface area (Å²) in [7, 11) is -3.44. The lowest BCUT2D eigenvalue weighted by molar-refractivity contribution is -0.121. The van der Waals surface area contributed by atoms with Crippen LogP contribution in [0.1, 0.15) is 25.3 Å². The third-order valence-corrected chi connectivity index (χ3v) is 8.32. The average Bonchev–Trinajstić information content (AvgIpc) is 3.36. The van der Waals surface area contributed by atoms with E-state index in [9.17, 15) is 13.2 Å². The first-order valence-corrected chi connectivity index (χ1v) is 12.8. The number of carbonyl (C=O) groups excluding carboxylic acids is 1. The third-order valence-electron chi connectivity index (χ3n) is 6.41. The van der Waals surface area contributed by atoms with E-state index in [0.29, 0.717) is 18.8 Å². The first-order valence-electron chi connectivity index (χ1n) is 11.3. The Kier molecular flexibility index (Phi) is 7.25. The Bertz CT molecular complexity index is 997. The number of hydrogen-bond acceptors (Lipinski definition) is 5. The quantitative estimate of drug-likeness (QED) is 0.693. The molecule has 0 aliphatic carbocycles. The summed E-state index contributed by atoms with van der Waals surface area (Å²) < 4.78 is 26.8. The van der Waals surface area contributed by atoms with Crippen LogP contribution in [0.25, 0.3) is 0 Å². The Morgan fingerprint density at radius 2 is 1.53 bits per heavy atom. The zero-order chi connectivity index (χ0) is 22.6. The lowest BCUT2D eigenvalue weighted by Crippen LogP contribution is -2.52. The predicted molar refractivity (Wildman–Crippen MR) is 126 cm³/mol. The zero-order valence-electron chi connectivity index (χ0n) is 18.6. The van der Waals surface area contributed by atoms with Gasteiger partial charge in [-0.05, 0) is 49.6 Å². The highest BCUT2D eigenvalue weighted by molar-refractivity contribution is 7.89. The number of anilines is 1. The molecule has 1 atom stereocenters. The summed E-state index contributed by atoms with van der Waals surface area (Å²) in [5.74, 6) is -0.0725. The van der Waals surface area contributed by atoms with Gasteiger partial charge < -0.3 is 5.32 Å². The number of amides is 1. The molecule has 2 heterocycles. The molecule has 0 unspecified atom stereocenters. The van der Waals surface area contributed by atoms with Crippen molar-refractivity contribution in [3.05, 3.63) is 60.2 Å². The van der Waals surface area contributed by atoms with Gasteiger partial charge in [0, 0.05) is 51.5 Å². The molecule has 2 saturated heterocycles. The van der Waals surface area contributed by atoms with Crippen LogP contribution in [0, 0.1) is 0 Å². The smallest absolute Gasteiger partial charge is 0.243 e. The van der Waals surface area contributed by atoms with Gasteiger partial charge >= 0.3 is 0 Å². The highest BCUT2D eigenvalue weighted by Gasteiger charge is 2.28. The lowest BCUT2D eigenvalue weighted by Gasteiger charge is -2.37. The van der Waals surface area contributed by atoms with Crippen molar-refractivity contribution in [2.45, 2.75) is 37.2 Å². The number of sulfonamides is 1. The Morgan fingerprint density at radius 3 is 2.16 bits per heavy atom. The molecule has 2 aromatic carbocycles. The van der Waals surface area contributed by atoms with Crippen LogP contribution in [0.4, 0.5) is 5.69 Å². The van der Waals surface area contributed by atoms with Crippen molar-refractivity contribution < 1.29 is 13.2 Å². The van der Waals surface area contributed by atoms with E-state index in [0.717, 1.165) is 45.6 Å². The highest BCUT2D eigenvalue weighted by Crippen LogP contribution is 2.22. The van der Waals surface area contributed by atoms with Crippen LogP contribution in [0.15, 0.2) is 59.5 Å². The summed E-state index contributed by atoms with van der Waals surface area (Å²) in [6.45, 7) is 7.55. The van der Waals surface area contributed by atoms with Gasteiger partial charge in [-0.1, -0.05) is 30.3 Å². The SMILES string of the molecule is C[C@@H](C(=O)Nc1ccc(S(=O)(=O)N2CCCC2)cc1)N1CCN(Cc2ccccc2)CC1. The summed E-state index contributed by atoms with van der Waals surface area (Å²) in [6, 6.07) is 16.7. The fourth-order valence-electron chi connectivity index (χ4n) is 4.35. The minimum absolute atomic E-state index is 0.0725. The van der Waals surface area contributed by atoms with Gasteiger partial charge in [-0.3, -0.25) is 14.6 Å². The van der Waals surface area contributed by atoms with Gasteiger partial charge in [-0.15, -0.1) is 0 Å². The first kappa shape index (κ1) is 22.9. The molecule has 0 aromatic heterocycles. The van der Waals surface area contributed by atoms with E-state index < -0.39 is 10.0 Å². The molecule has 4 rings (SSSR count). The molecule has 32 heavy (non-hydrogen) atoms. The van der Waals surface area contributed by atoms with Gasteiger partial charge in [0.25, 0.3) is 0 Å². The molecule has 0 radical (unpaired) electrons. The normalized spacial score (nSPS) is 19.7. The van der Waals surface area contributed by atoms with Crippen molar-refractivity contribution in [3.63, 3.8) is 0 Å². The third kappa shape index (κ3) is 5.38. The summed E-state index contributed by atoms with van der Waals surface area (Å²) in [5, 5.41) is 2.94. The number of carbonyl (C=O) groups is 1. The van der Waals surface area contributed by atoms with E-state index in [1.54, 1.807) is 24.3 Å². The Morgan fingerprint density at radius 1 is 0.906 bits per heavy atom. The number of piperazine rings is 1. The number of nitrogens with one attached hydrogen (secondary N) is 1. The van der Waals surface area contributed by atoms with Gasteiger partial charge in [0.1, 0.15) is 0 Å². The van der Waals surface area contributed by atoms with Gasteiger partial charge in [0.15, 0.2) is 0 Å². The van der Waals surface area contributed by atoms with Crippen LogP contribution in [-0.2, 0) is 21.4 Å². The second-order valence-electron chi connectivity index (χ2n) is 8.60. The van der Waals surface area contributed by atoms with Crippen molar-refractivity contribution in [2.75, 3.05) is 44.6 Å². The summed E-state index contributed by atoms with van der Waals surface area (Å²) in [6.07, 6.45) is 1.82. The minimum atomic E-state index is -3.44. The number of nitrogens with zero attached hydrogens (tertiary/aromatic N) is 3. The molecule has 0 saturated carbocycles. The average molecular weight is 457 g/mol. The maximum absolute atomic E-state index is 12.8. The van der Waals surface area contributed by atoms with Crippen LogP contribution in [0.3, 0.4) is 0 Å². The Balaban J connectivity index is 1.28. The maximum atomic E-state index is 12.8. The number of hydrogen-bond donors (Lipinski definition) is 1. The van der Waals surface area contributed by atoms with Gasteiger partial charge in [-0.2, -0.15) is 4.31 Å². The van der Waals surface area contributed by atoms with E-state index in [2.05, 4.69) is 39.4 Å². The van der Waals surface area contributed by atoms with Crippen LogP contribution in [0.2, 0.25) is 0 Å². The summed E-state index contributed by atoms with van der Waals surface area (Å²) in [4.78, 5) is 17.7. The molecule has 2 fully saturated rings. The van der Waals surface area contributed by atoms with E-state index in [1.807, 2.05) is 13.0 Å². The standard InChI is InChI=1S/C24H32N4O3S/c1-20(27-17-15-26(16-18-27)19-21-7-3-2-4-8-21)24(29)25-22-9-11-23(12-10-22)32(30,31)28-13-5-6-14-28/h2-4,7-12,20H,5-6,13-19H2,1H3,(H,25,29)/t20-/m0/s1. The van der Waals surface area contributed by atoms with Crippen LogP contribution in [0.5, 0.6) is 0 Å². The molecule has 2 aromatic rings. The van der Waals surface area contributed by atoms with Gasteiger partial charge in [0.2, 0.25) is 15.9 Å². The zero-order valence-corrected chi connectivity index (χ0v) is 19.4. The highest BCUT2D eigenvalue weighted by atomic mass is 32.2. The molecule has 0 bridgehead atoms. The lowest BCUT2D eigenvalue weighted by atomic mass is 10.1. The molecular weight excluding hydrogens is 424 g/mol. The van der Waals surface area contributed by atoms with Gasteiger partial charge in [0.05, 0.1) is 10.9 Å². The van der Waals surface area contributed by atoms with E-state index >= 15 is 0 Å². The van der Waals surface area contributed by atoms with Crippen LogP contribution in [-0.4, -0.2) is 73.7 Å². The van der Waals surface area contributed by atoms with Gasteiger partial charge in [-0.25, -0.2) is 8.42 Å². The summed E-state index contributed by atoms with van der Waals surface area (Å²) >= 11 is 0. The monoisotopic (exact) mass is 456 g/mol. The van der Waals surface area contributed by atoms with Crippen molar-refractivity contribution in [2.24, 2.45) is 0 Å². The fourth-order valence-corrected chi connectivity index (χ4v) is 5.87. The molecule has 0 spiro atoms. The molecule has 7 nitrogen and oxygen atoms in total. The largest absolute Gasteiger partial charge is 0.325 e. The van der Waals surface area contributed by atoms with Crippen molar-refractivity contribution in [3.8, 4) is 0 Å². The second-order valence-corrected chi connectivity index (χ2v) is 10.5. The molecule has 8 heteroatoms. The molecule has 2 aliphatic rings. The Hall–Kier alpha value is -2.26. The predicted octanol–water partition coefficient (Wildman–Crippen LogP) is 2.62.